The average Bonchev–Trinajstić information content (AvgIpc) is 3.18. The van der Waals surface area contributed by atoms with Crippen molar-refractivity contribution in [3.8, 4) is 22.6 Å². The molecule has 0 bridgehead atoms. The van der Waals surface area contributed by atoms with Crippen molar-refractivity contribution >= 4 is 23.2 Å². The van der Waals surface area contributed by atoms with Gasteiger partial charge in [-0.1, -0.05) is 70.9 Å². The molecule has 2 aromatic carbocycles. The highest BCUT2D eigenvalue weighted by Gasteiger charge is 2.30. The summed E-state index contributed by atoms with van der Waals surface area (Å²) in [6, 6.07) is 10.5. The zero-order valence-corrected chi connectivity index (χ0v) is 18.9. The average molecular weight is 479 g/mol. The van der Waals surface area contributed by atoms with Gasteiger partial charge in [0.2, 0.25) is 0 Å². The van der Waals surface area contributed by atoms with Crippen LogP contribution in [0.15, 0.2) is 70.8 Å². The first-order valence-electron chi connectivity index (χ1n) is 9.85. The standard InChI is InChI=1S/C24H22Cl2F2N2O2/c1-3-14(9-8-13(2)29)22(31)20-21(18-11-10-15(25)12-19(18)26)30-32-23(20)16-6-4-5-7-17(16)24(27)28/h3-13,22,24,31H,29H2,1-2H3. The predicted molar refractivity (Wildman–Crippen MR) is 124 cm³/mol. The molecule has 0 radical (unpaired) electrons. The second-order valence-electron chi connectivity index (χ2n) is 7.20. The number of aliphatic hydroxyl groups excluding tert-OH is 1. The lowest BCUT2D eigenvalue weighted by atomic mass is 9.92. The molecule has 0 amide bonds. The first-order chi connectivity index (χ1) is 15.2. The maximum atomic E-state index is 13.7. The van der Waals surface area contributed by atoms with Crippen LogP contribution in [0.4, 0.5) is 8.78 Å². The molecule has 2 atom stereocenters. The van der Waals surface area contributed by atoms with Gasteiger partial charge in [0.15, 0.2) is 5.76 Å². The molecule has 32 heavy (non-hydrogen) atoms. The van der Waals surface area contributed by atoms with Crippen LogP contribution in [0.2, 0.25) is 10.0 Å². The van der Waals surface area contributed by atoms with Crippen molar-refractivity contribution in [2.24, 2.45) is 5.73 Å². The zero-order chi connectivity index (χ0) is 23.4. The monoisotopic (exact) mass is 478 g/mol. The van der Waals surface area contributed by atoms with Crippen LogP contribution in [-0.4, -0.2) is 16.3 Å². The first kappa shape index (κ1) is 24.1. The van der Waals surface area contributed by atoms with Crippen molar-refractivity contribution in [3.05, 3.63) is 87.4 Å². The number of alkyl halides is 2. The van der Waals surface area contributed by atoms with Gasteiger partial charge in [-0.05, 0) is 37.6 Å². The smallest absolute Gasteiger partial charge is 0.264 e. The SMILES string of the molecule is CC=C(C=CC(C)N)C(O)c1c(-c2ccc(Cl)cc2Cl)noc1-c1ccccc1C(F)F. The fraction of sp³-hybridized carbons (Fsp3) is 0.208. The van der Waals surface area contributed by atoms with Crippen LogP contribution < -0.4 is 5.73 Å². The lowest BCUT2D eigenvalue weighted by Gasteiger charge is -2.16. The van der Waals surface area contributed by atoms with Gasteiger partial charge in [-0.15, -0.1) is 0 Å². The molecule has 0 aliphatic rings. The van der Waals surface area contributed by atoms with Crippen LogP contribution in [0.25, 0.3) is 22.6 Å². The Morgan fingerprint density at radius 3 is 2.50 bits per heavy atom. The van der Waals surface area contributed by atoms with Gasteiger partial charge >= 0.3 is 0 Å². The van der Waals surface area contributed by atoms with Crippen molar-refractivity contribution in [1.29, 1.82) is 0 Å². The molecule has 3 N–H and O–H groups in total. The van der Waals surface area contributed by atoms with E-state index in [1.807, 2.05) is 0 Å². The third kappa shape index (κ3) is 5.10. The van der Waals surface area contributed by atoms with Crippen molar-refractivity contribution in [2.45, 2.75) is 32.4 Å². The summed E-state index contributed by atoms with van der Waals surface area (Å²) in [6.45, 7) is 3.54. The van der Waals surface area contributed by atoms with E-state index in [4.69, 9.17) is 33.5 Å². The van der Waals surface area contributed by atoms with E-state index in [9.17, 15) is 13.9 Å². The lowest BCUT2D eigenvalue weighted by Crippen LogP contribution is -2.11. The number of halogens is 4. The van der Waals surface area contributed by atoms with Gasteiger partial charge in [-0.2, -0.15) is 0 Å². The Hall–Kier alpha value is -2.51. The number of nitrogens with zero attached hydrogens (tertiary/aromatic N) is 1. The maximum Gasteiger partial charge on any atom is 0.264 e. The first-order valence-corrected chi connectivity index (χ1v) is 10.6. The van der Waals surface area contributed by atoms with Crippen LogP contribution in [0.3, 0.4) is 0 Å². The van der Waals surface area contributed by atoms with E-state index in [0.29, 0.717) is 16.2 Å². The van der Waals surface area contributed by atoms with E-state index < -0.39 is 12.5 Å². The highest BCUT2D eigenvalue weighted by Crippen LogP contribution is 2.43. The van der Waals surface area contributed by atoms with Crippen molar-refractivity contribution in [1.82, 2.24) is 5.16 Å². The normalized spacial score (nSPS) is 14.3. The minimum atomic E-state index is -2.75. The van der Waals surface area contributed by atoms with Crippen LogP contribution in [-0.2, 0) is 0 Å². The summed E-state index contributed by atoms with van der Waals surface area (Å²) < 4.78 is 33.0. The van der Waals surface area contributed by atoms with Crippen LogP contribution in [0.1, 0.15) is 37.5 Å². The van der Waals surface area contributed by atoms with Gasteiger partial charge in [0, 0.05) is 27.8 Å². The van der Waals surface area contributed by atoms with Gasteiger partial charge < -0.3 is 15.4 Å². The molecular weight excluding hydrogens is 457 g/mol. The Kier molecular flexibility index (Phi) is 7.85. The second kappa shape index (κ2) is 10.4. The van der Waals surface area contributed by atoms with Gasteiger partial charge in [0.25, 0.3) is 6.43 Å². The summed E-state index contributed by atoms with van der Waals surface area (Å²) >= 11 is 12.4. The number of aromatic nitrogens is 1. The molecule has 0 spiro atoms. The fourth-order valence-corrected chi connectivity index (χ4v) is 3.79. The number of benzene rings is 2. The molecular formula is C24H22Cl2F2N2O2. The van der Waals surface area contributed by atoms with Gasteiger partial charge in [-0.25, -0.2) is 8.78 Å². The molecule has 3 aromatic rings. The number of nitrogens with two attached hydrogens (primary N) is 1. The summed E-state index contributed by atoms with van der Waals surface area (Å²) in [7, 11) is 0. The Bertz CT molecular complexity index is 1160. The minimum absolute atomic E-state index is 0.0305. The molecule has 3 rings (SSSR count). The third-order valence-corrected chi connectivity index (χ3v) is 5.42. The second-order valence-corrected chi connectivity index (χ2v) is 8.04. The van der Waals surface area contributed by atoms with Crippen molar-refractivity contribution in [2.75, 3.05) is 0 Å². The topological polar surface area (TPSA) is 72.3 Å². The van der Waals surface area contributed by atoms with Crippen LogP contribution >= 0.6 is 23.2 Å². The lowest BCUT2D eigenvalue weighted by molar-refractivity contribution is 0.151. The van der Waals surface area contributed by atoms with E-state index in [-0.39, 0.29) is 39.2 Å². The summed E-state index contributed by atoms with van der Waals surface area (Å²) in [6.07, 6.45) is 1.10. The molecule has 1 heterocycles. The summed E-state index contributed by atoms with van der Waals surface area (Å²) in [5.74, 6) is 0.0305. The van der Waals surface area contributed by atoms with E-state index in [1.165, 1.54) is 24.3 Å². The third-order valence-electron chi connectivity index (χ3n) is 4.87. The highest BCUT2D eigenvalue weighted by molar-refractivity contribution is 6.36. The van der Waals surface area contributed by atoms with E-state index in [0.717, 1.165) is 0 Å². The highest BCUT2D eigenvalue weighted by atomic mass is 35.5. The molecule has 0 saturated carbocycles. The van der Waals surface area contributed by atoms with Gasteiger partial charge in [0.1, 0.15) is 11.8 Å². The van der Waals surface area contributed by atoms with E-state index in [1.54, 1.807) is 50.3 Å². The summed E-state index contributed by atoms with van der Waals surface area (Å²) in [5.41, 5.74) is 7.08. The molecule has 0 fully saturated rings. The largest absolute Gasteiger partial charge is 0.383 e. The van der Waals surface area contributed by atoms with Gasteiger partial charge in [0.05, 0.1) is 10.6 Å². The predicted octanol–water partition coefficient (Wildman–Crippen LogP) is 7.14. The number of aliphatic hydroxyl groups is 1. The van der Waals surface area contributed by atoms with Crippen LogP contribution in [0.5, 0.6) is 0 Å². The Labute approximate surface area is 194 Å². The molecule has 168 valence electrons. The van der Waals surface area contributed by atoms with Crippen LogP contribution in [0, 0.1) is 0 Å². The number of allylic oxidation sites excluding steroid dienone is 1. The molecule has 4 nitrogen and oxygen atoms in total. The molecule has 0 aliphatic heterocycles. The number of rotatable bonds is 7. The molecule has 0 aliphatic carbocycles. The van der Waals surface area contributed by atoms with E-state index in [2.05, 4.69) is 5.16 Å². The molecule has 0 saturated heterocycles. The Morgan fingerprint density at radius 1 is 1.16 bits per heavy atom. The maximum absolute atomic E-state index is 13.7. The molecule has 8 heteroatoms. The fourth-order valence-electron chi connectivity index (χ4n) is 3.29. The quantitative estimate of drug-likeness (QED) is 0.354. The number of hydrogen-bond acceptors (Lipinski definition) is 4. The van der Waals surface area contributed by atoms with Gasteiger partial charge in [-0.3, -0.25) is 0 Å². The molecule has 1 aromatic heterocycles. The Morgan fingerprint density at radius 2 is 1.88 bits per heavy atom. The summed E-state index contributed by atoms with van der Waals surface area (Å²) in [4.78, 5) is 0. The van der Waals surface area contributed by atoms with Crippen molar-refractivity contribution < 1.29 is 18.4 Å². The number of hydrogen-bond donors (Lipinski definition) is 2. The zero-order valence-electron chi connectivity index (χ0n) is 17.4. The van der Waals surface area contributed by atoms with E-state index >= 15 is 0 Å². The summed E-state index contributed by atoms with van der Waals surface area (Å²) in [5, 5.41) is 16.1. The Balaban J connectivity index is 2.28. The van der Waals surface area contributed by atoms with Crippen molar-refractivity contribution in [3.63, 3.8) is 0 Å². The molecule has 2 unspecified atom stereocenters. The minimum Gasteiger partial charge on any atom is -0.383 e.